The molecule has 3 aromatic carbocycles. The molecule has 0 aliphatic rings. The molecule has 4 aromatic rings. The van der Waals surface area contributed by atoms with E-state index in [0.717, 1.165) is 37.6 Å². The van der Waals surface area contributed by atoms with Crippen LogP contribution in [0.15, 0.2) is 66.7 Å². The van der Waals surface area contributed by atoms with Crippen LogP contribution in [0.5, 0.6) is 5.75 Å². The topological polar surface area (TPSA) is 51.2 Å². The summed E-state index contributed by atoms with van der Waals surface area (Å²) in [6.07, 6.45) is 0. The van der Waals surface area contributed by atoms with Crippen LogP contribution in [0.1, 0.15) is 11.1 Å². The number of ether oxygens (including phenoxy) is 1. The number of carbonyl (C=O) groups excluding carboxylic acids is 1. The number of para-hydroxylation sites is 1. The molecular weight excluding hydrogens is 368 g/mol. The molecule has 1 amide bonds. The Labute approximate surface area is 167 Å². The van der Waals surface area contributed by atoms with E-state index in [0.29, 0.717) is 5.75 Å². The number of fused-ring (bicyclic) bond motifs is 1. The molecule has 0 saturated carbocycles. The average molecular weight is 388 g/mol. The highest BCUT2D eigenvalue weighted by Gasteiger charge is 2.13. The second kappa shape index (κ2) is 7.82. The zero-order valence-corrected chi connectivity index (χ0v) is 16.5. The first kappa shape index (κ1) is 18.2. The third-order valence-electron chi connectivity index (χ3n) is 4.49. The fourth-order valence-electron chi connectivity index (χ4n) is 3.03. The van der Waals surface area contributed by atoms with E-state index in [1.807, 2.05) is 74.5 Å². The summed E-state index contributed by atoms with van der Waals surface area (Å²) in [5.41, 5.74) is 4.87. The number of thiazole rings is 1. The van der Waals surface area contributed by atoms with Gasteiger partial charge in [0.25, 0.3) is 5.91 Å². The van der Waals surface area contributed by atoms with Crippen LogP contribution in [0.4, 0.5) is 5.69 Å². The van der Waals surface area contributed by atoms with Crippen LogP contribution in [-0.2, 0) is 4.79 Å². The summed E-state index contributed by atoms with van der Waals surface area (Å²) in [6.45, 7) is 3.95. The Bertz CT molecular complexity index is 1120. The van der Waals surface area contributed by atoms with Crippen molar-refractivity contribution in [1.29, 1.82) is 0 Å². The number of aryl methyl sites for hydroxylation is 1. The maximum absolute atomic E-state index is 12.4. The fraction of sp³-hybridized carbons (Fsp3) is 0.130. The maximum atomic E-state index is 12.4. The van der Waals surface area contributed by atoms with E-state index in [1.165, 1.54) is 0 Å². The molecule has 140 valence electrons. The highest BCUT2D eigenvalue weighted by atomic mass is 32.1. The Morgan fingerprint density at radius 2 is 1.86 bits per heavy atom. The summed E-state index contributed by atoms with van der Waals surface area (Å²) in [5.74, 6) is 0.501. The number of nitrogens with zero attached hydrogens (tertiary/aromatic N) is 1. The number of aromatic nitrogens is 1. The second-order valence-electron chi connectivity index (χ2n) is 6.62. The third kappa shape index (κ3) is 3.89. The summed E-state index contributed by atoms with van der Waals surface area (Å²) in [5, 5.41) is 3.90. The van der Waals surface area contributed by atoms with Gasteiger partial charge in [0.15, 0.2) is 6.61 Å². The molecule has 4 rings (SSSR count). The van der Waals surface area contributed by atoms with Crippen LogP contribution in [-0.4, -0.2) is 17.5 Å². The SMILES string of the molecule is Cc1cccc(OCC(=O)Nc2cccc(-c3nc4ccccc4s3)c2C)c1. The minimum absolute atomic E-state index is 0.0335. The lowest BCUT2D eigenvalue weighted by Gasteiger charge is -2.12. The van der Waals surface area contributed by atoms with E-state index in [4.69, 9.17) is 9.72 Å². The van der Waals surface area contributed by atoms with E-state index in [1.54, 1.807) is 11.3 Å². The lowest BCUT2D eigenvalue weighted by atomic mass is 10.1. The van der Waals surface area contributed by atoms with Crippen molar-refractivity contribution in [1.82, 2.24) is 4.98 Å². The second-order valence-corrected chi connectivity index (χ2v) is 7.65. The van der Waals surface area contributed by atoms with Crippen LogP contribution in [0.25, 0.3) is 20.8 Å². The monoisotopic (exact) mass is 388 g/mol. The van der Waals surface area contributed by atoms with Crippen molar-refractivity contribution < 1.29 is 9.53 Å². The molecule has 28 heavy (non-hydrogen) atoms. The molecule has 1 heterocycles. The molecular formula is C23H20N2O2S. The fourth-order valence-corrected chi connectivity index (χ4v) is 4.08. The van der Waals surface area contributed by atoms with Crippen molar-refractivity contribution in [3.05, 3.63) is 77.9 Å². The van der Waals surface area contributed by atoms with Gasteiger partial charge in [0.1, 0.15) is 10.8 Å². The molecule has 5 heteroatoms. The standard InChI is InChI=1S/C23H20N2O2S/c1-15-7-5-8-17(13-15)27-14-22(26)24-19-11-6-9-18(16(19)2)23-25-20-10-3-4-12-21(20)28-23/h3-13H,14H2,1-2H3,(H,24,26). The molecule has 0 fully saturated rings. The normalized spacial score (nSPS) is 10.8. The van der Waals surface area contributed by atoms with Gasteiger partial charge in [-0.1, -0.05) is 36.4 Å². The van der Waals surface area contributed by atoms with E-state index in [-0.39, 0.29) is 12.5 Å². The van der Waals surface area contributed by atoms with Gasteiger partial charge in [0, 0.05) is 11.3 Å². The van der Waals surface area contributed by atoms with Crippen molar-refractivity contribution in [2.45, 2.75) is 13.8 Å². The van der Waals surface area contributed by atoms with Gasteiger partial charge in [0.2, 0.25) is 0 Å². The predicted molar refractivity (Wildman–Crippen MR) is 115 cm³/mol. The molecule has 0 atom stereocenters. The van der Waals surface area contributed by atoms with Gasteiger partial charge in [-0.15, -0.1) is 11.3 Å². The minimum atomic E-state index is -0.189. The van der Waals surface area contributed by atoms with E-state index in [2.05, 4.69) is 11.4 Å². The zero-order valence-electron chi connectivity index (χ0n) is 15.7. The largest absolute Gasteiger partial charge is 0.484 e. The Kier molecular flexibility index (Phi) is 5.08. The summed E-state index contributed by atoms with van der Waals surface area (Å²) in [4.78, 5) is 17.1. The Hall–Kier alpha value is -3.18. The minimum Gasteiger partial charge on any atom is -0.484 e. The number of rotatable bonds is 5. The van der Waals surface area contributed by atoms with Crippen molar-refractivity contribution in [3.8, 4) is 16.3 Å². The van der Waals surface area contributed by atoms with Crippen LogP contribution in [0, 0.1) is 13.8 Å². The van der Waals surface area contributed by atoms with Crippen molar-refractivity contribution in [2.24, 2.45) is 0 Å². The number of anilines is 1. The highest BCUT2D eigenvalue weighted by Crippen LogP contribution is 2.34. The maximum Gasteiger partial charge on any atom is 0.262 e. The smallest absolute Gasteiger partial charge is 0.262 e. The predicted octanol–water partition coefficient (Wildman–Crippen LogP) is 5.60. The molecule has 0 radical (unpaired) electrons. The van der Waals surface area contributed by atoms with Gasteiger partial charge < -0.3 is 10.1 Å². The first-order valence-corrected chi connectivity index (χ1v) is 9.87. The number of amides is 1. The van der Waals surface area contributed by atoms with Gasteiger partial charge in [-0.3, -0.25) is 4.79 Å². The molecule has 0 aliphatic heterocycles. The molecule has 0 bridgehead atoms. The lowest BCUT2D eigenvalue weighted by molar-refractivity contribution is -0.118. The summed E-state index contributed by atoms with van der Waals surface area (Å²) in [6, 6.07) is 21.6. The molecule has 1 aromatic heterocycles. The summed E-state index contributed by atoms with van der Waals surface area (Å²) in [7, 11) is 0. The first-order chi connectivity index (χ1) is 13.6. The molecule has 0 spiro atoms. The Morgan fingerprint density at radius 3 is 2.68 bits per heavy atom. The van der Waals surface area contributed by atoms with Crippen molar-refractivity contribution >= 4 is 33.1 Å². The summed E-state index contributed by atoms with van der Waals surface area (Å²) >= 11 is 1.65. The van der Waals surface area contributed by atoms with Crippen molar-refractivity contribution in [2.75, 3.05) is 11.9 Å². The first-order valence-electron chi connectivity index (χ1n) is 9.05. The highest BCUT2D eigenvalue weighted by molar-refractivity contribution is 7.21. The van der Waals surface area contributed by atoms with E-state index < -0.39 is 0 Å². The number of carbonyl (C=O) groups is 1. The van der Waals surface area contributed by atoms with E-state index in [9.17, 15) is 4.79 Å². The van der Waals surface area contributed by atoms with Crippen LogP contribution < -0.4 is 10.1 Å². The number of hydrogen-bond acceptors (Lipinski definition) is 4. The van der Waals surface area contributed by atoms with Gasteiger partial charge in [-0.05, 0) is 55.3 Å². The quantitative estimate of drug-likeness (QED) is 0.484. The average Bonchev–Trinajstić information content (AvgIpc) is 3.12. The molecule has 1 N–H and O–H groups in total. The zero-order chi connectivity index (χ0) is 19.5. The molecule has 4 nitrogen and oxygen atoms in total. The lowest BCUT2D eigenvalue weighted by Crippen LogP contribution is -2.20. The van der Waals surface area contributed by atoms with Crippen molar-refractivity contribution in [3.63, 3.8) is 0 Å². The third-order valence-corrected chi connectivity index (χ3v) is 5.56. The van der Waals surface area contributed by atoms with Crippen LogP contribution in [0.2, 0.25) is 0 Å². The van der Waals surface area contributed by atoms with Gasteiger partial charge >= 0.3 is 0 Å². The molecule has 0 unspecified atom stereocenters. The number of nitrogens with one attached hydrogen (secondary N) is 1. The van der Waals surface area contributed by atoms with Crippen LogP contribution >= 0.6 is 11.3 Å². The molecule has 0 aliphatic carbocycles. The Morgan fingerprint density at radius 1 is 1.04 bits per heavy atom. The Balaban J connectivity index is 1.51. The number of benzene rings is 3. The van der Waals surface area contributed by atoms with Gasteiger partial charge in [0.05, 0.1) is 10.2 Å². The van der Waals surface area contributed by atoms with Gasteiger partial charge in [-0.2, -0.15) is 0 Å². The number of hydrogen-bond donors (Lipinski definition) is 1. The summed E-state index contributed by atoms with van der Waals surface area (Å²) < 4.78 is 6.74. The van der Waals surface area contributed by atoms with Crippen LogP contribution in [0.3, 0.4) is 0 Å². The molecule has 0 saturated heterocycles. The van der Waals surface area contributed by atoms with E-state index >= 15 is 0 Å². The van der Waals surface area contributed by atoms with Gasteiger partial charge in [-0.25, -0.2) is 4.98 Å².